The summed E-state index contributed by atoms with van der Waals surface area (Å²) in [5.41, 5.74) is 0.201. The number of nitrogens with zero attached hydrogens (tertiary/aromatic N) is 1. The van der Waals surface area contributed by atoms with Gasteiger partial charge in [-0.25, -0.2) is 8.42 Å². The van der Waals surface area contributed by atoms with Gasteiger partial charge in [-0.05, 0) is 56.3 Å². The zero-order chi connectivity index (χ0) is 23.3. The highest BCUT2D eigenvalue weighted by Gasteiger charge is 2.33. The van der Waals surface area contributed by atoms with Crippen molar-refractivity contribution in [2.45, 2.75) is 31.0 Å². The zero-order valence-corrected chi connectivity index (χ0v) is 19.8. The Morgan fingerprint density at radius 3 is 2.38 bits per heavy atom. The van der Waals surface area contributed by atoms with E-state index in [1.807, 2.05) is 13.8 Å². The highest BCUT2D eigenvalue weighted by Crippen LogP contribution is 2.28. The molecule has 2 unspecified atom stereocenters. The minimum Gasteiger partial charge on any atom is -0.497 e. The van der Waals surface area contributed by atoms with E-state index in [0.29, 0.717) is 5.75 Å². The van der Waals surface area contributed by atoms with Crippen LogP contribution in [0.5, 0.6) is 11.5 Å². The van der Waals surface area contributed by atoms with Gasteiger partial charge in [0.25, 0.3) is 5.91 Å². The number of halogens is 1. The first-order chi connectivity index (χ1) is 15.2. The van der Waals surface area contributed by atoms with E-state index in [9.17, 15) is 13.2 Å². The third-order valence-electron chi connectivity index (χ3n) is 4.91. The summed E-state index contributed by atoms with van der Waals surface area (Å²) in [6.07, 6.45) is -0.464. The van der Waals surface area contributed by atoms with Crippen LogP contribution in [0.25, 0.3) is 0 Å². The number of amides is 1. The summed E-state index contributed by atoms with van der Waals surface area (Å²) in [5.74, 6) is 0.953. The molecule has 2 atom stereocenters. The van der Waals surface area contributed by atoms with Gasteiger partial charge in [0, 0.05) is 18.7 Å². The Morgan fingerprint density at radius 2 is 1.75 bits per heavy atom. The molecule has 0 aromatic heterocycles. The molecule has 0 bridgehead atoms. The number of hydrogen-bond acceptors (Lipinski definition) is 6. The van der Waals surface area contributed by atoms with Crippen LogP contribution < -0.4 is 14.8 Å². The molecule has 0 radical (unpaired) electrons. The first kappa shape index (κ1) is 24.3. The van der Waals surface area contributed by atoms with Crippen LogP contribution in [0.2, 0.25) is 5.02 Å². The predicted molar refractivity (Wildman–Crippen MR) is 121 cm³/mol. The lowest BCUT2D eigenvalue weighted by molar-refractivity contribution is -0.0440. The van der Waals surface area contributed by atoms with E-state index in [-0.39, 0.29) is 53.9 Å². The second-order valence-electron chi connectivity index (χ2n) is 7.50. The van der Waals surface area contributed by atoms with Gasteiger partial charge in [-0.2, -0.15) is 4.31 Å². The van der Waals surface area contributed by atoms with Crippen molar-refractivity contribution < 1.29 is 27.4 Å². The Morgan fingerprint density at radius 1 is 1.12 bits per heavy atom. The number of nitrogens with one attached hydrogen (secondary N) is 1. The molecule has 1 heterocycles. The third kappa shape index (κ3) is 5.92. The SMILES string of the molecule is COc1ccc(OCCNC(=O)c2ccc(Cl)c(S(=O)(=O)N3CC(C)OC(C)C3)c2)cc1. The average molecular weight is 483 g/mol. The fourth-order valence-electron chi connectivity index (χ4n) is 3.42. The lowest BCUT2D eigenvalue weighted by Gasteiger charge is -2.34. The standard InChI is InChI=1S/C22H27ClN2O6S/c1-15-13-25(14-16(2)31-15)32(27,28)21-12-17(4-9-20(21)23)22(26)24-10-11-30-19-7-5-18(29-3)6-8-19/h4-9,12,15-16H,10-11,13-14H2,1-3H3,(H,24,26). The second-order valence-corrected chi connectivity index (χ2v) is 9.82. The van der Waals surface area contributed by atoms with Crippen molar-refractivity contribution in [3.63, 3.8) is 0 Å². The fraction of sp³-hybridized carbons (Fsp3) is 0.409. The minimum absolute atomic E-state index is 0.0659. The minimum atomic E-state index is -3.88. The smallest absolute Gasteiger partial charge is 0.251 e. The molecule has 32 heavy (non-hydrogen) atoms. The summed E-state index contributed by atoms with van der Waals surface area (Å²) in [4.78, 5) is 12.5. The van der Waals surface area contributed by atoms with Gasteiger partial charge in [-0.1, -0.05) is 11.6 Å². The van der Waals surface area contributed by atoms with Crippen molar-refractivity contribution >= 4 is 27.5 Å². The van der Waals surface area contributed by atoms with E-state index in [2.05, 4.69) is 5.32 Å². The topological polar surface area (TPSA) is 94.2 Å². The first-order valence-electron chi connectivity index (χ1n) is 10.2. The summed E-state index contributed by atoms with van der Waals surface area (Å²) < 4.78 is 44.0. The number of ether oxygens (including phenoxy) is 3. The molecule has 10 heteroatoms. The van der Waals surface area contributed by atoms with Crippen molar-refractivity contribution in [1.82, 2.24) is 9.62 Å². The maximum Gasteiger partial charge on any atom is 0.251 e. The summed E-state index contributed by atoms with van der Waals surface area (Å²) >= 11 is 6.20. The molecule has 1 N–H and O–H groups in total. The molecule has 1 aliphatic rings. The summed E-state index contributed by atoms with van der Waals surface area (Å²) in [6, 6.07) is 11.3. The van der Waals surface area contributed by atoms with E-state index in [1.165, 1.54) is 22.5 Å². The lowest BCUT2D eigenvalue weighted by atomic mass is 10.2. The number of carbonyl (C=O) groups is 1. The number of carbonyl (C=O) groups excluding carboxylic acids is 1. The Labute approximate surface area is 193 Å². The van der Waals surface area contributed by atoms with E-state index < -0.39 is 15.9 Å². The first-order valence-corrected chi connectivity index (χ1v) is 12.0. The Balaban J connectivity index is 1.63. The number of benzene rings is 2. The van der Waals surface area contributed by atoms with Crippen LogP contribution in [0.4, 0.5) is 0 Å². The molecule has 0 aliphatic carbocycles. The van der Waals surface area contributed by atoms with Crippen molar-refractivity contribution in [1.29, 1.82) is 0 Å². The molecular weight excluding hydrogens is 456 g/mol. The van der Waals surface area contributed by atoms with Crippen molar-refractivity contribution in [2.75, 3.05) is 33.4 Å². The second kappa shape index (κ2) is 10.5. The van der Waals surface area contributed by atoms with Crippen LogP contribution in [0.15, 0.2) is 47.4 Å². The Kier molecular flexibility index (Phi) is 8.00. The third-order valence-corrected chi connectivity index (χ3v) is 7.23. The highest BCUT2D eigenvalue weighted by molar-refractivity contribution is 7.89. The van der Waals surface area contributed by atoms with Gasteiger partial charge < -0.3 is 19.5 Å². The molecule has 2 aromatic rings. The predicted octanol–water partition coefficient (Wildman–Crippen LogP) is 2.96. The van der Waals surface area contributed by atoms with Gasteiger partial charge in [-0.3, -0.25) is 4.79 Å². The van der Waals surface area contributed by atoms with Crippen LogP contribution in [0.3, 0.4) is 0 Å². The quantitative estimate of drug-likeness (QED) is 0.581. The summed E-state index contributed by atoms with van der Waals surface area (Å²) in [5, 5.41) is 2.79. The molecule has 8 nitrogen and oxygen atoms in total. The van der Waals surface area contributed by atoms with Gasteiger partial charge in [0.1, 0.15) is 23.0 Å². The highest BCUT2D eigenvalue weighted by atomic mass is 35.5. The van der Waals surface area contributed by atoms with Crippen LogP contribution >= 0.6 is 11.6 Å². The molecule has 0 spiro atoms. The van der Waals surface area contributed by atoms with E-state index in [1.54, 1.807) is 31.4 Å². The van der Waals surface area contributed by atoms with Crippen LogP contribution in [-0.4, -0.2) is 64.2 Å². The van der Waals surface area contributed by atoms with Gasteiger partial charge in [-0.15, -0.1) is 0 Å². The average Bonchev–Trinajstić information content (AvgIpc) is 2.76. The Bertz CT molecular complexity index is 1030. The molecule has 1 saturated heterocycles. The molecule has 0 saturated carbocycles. The van der Waals surface area contributed by atoms with E-state index in [4.69, 9.17) is 25.8 Å². The van der Waals surface area contributed by atoms with E-state index >= 15 is 0 Å². The zero-order valence-electron chi connectivity index (χ0n) is 18.2. The maximum absolute atomic E-state index is 13.2. The van der Waals surface area contributed by atoms with E-state index in [0.717, 1.165) is 5.75 Å². The monoisotopic (exact) mass is 482 g/mol. The Hall–Kier alpha value is -2.33. The van der Waals surface area contributed by atoms with Crippen LogP contribution in [-0.2, 0) is 14.8 Å². The maximum atomic E-state index is 13.2. The summed E-state index contributed by atoms with van der Waals surface area (Å²) in [6.45, 7) is 4.58. The number of rotatable bonds is 8. The number of hydrogen-bond donors (Lipinski definition) is 1. The van der Waals surface area contributed by atoms with Gasteiger partial charge in [0.2, 0.25) is 10.0 Å². The van der Waals surface area contributed by atoms with Gasteiger partial charge >= 0.3 is 0 Å². The molecule has 1 aliphatic heterocycles. The lowest BCUT2D eigenvalue weighted by Crippen LogP contribution is -2.48. The molecule has 2 aromatic carbocycles. The van der Waals surface area contributed by atoms with Crippen molar-refractivity contribution in [3.8, 4) is 11.5 Å². The molecule has 1 amide bonds. The van der Waals surface area contributed by atoms with Crippen LogP contribution in [0, 0.1) is 0 Å². The fourth-order valence-corrected chi connectivity index (χ4v) is 5.51. The van der Waals surface area contributed by atoms with Crippen LogP contribution in [0.1, 0.15) is 24.2 Å². The largest absolute Gasteiger partial charge is 0.497 e. The molecule has 3 rings (SSSR count). The molecule has 1 fully saturated rings. The molecule has 174 valence electrons. The molecular formula is C22H27ClN2O6S. The number of morpholine rings is 1. The van der Waals surface area contributed by atoms with Gasteiger partial charge in [0.05, 0.1) is 30.9 Å². The van der Waals surface area contributed by atoms with Crippen molar-refractivity contribution in [3.05, 3.63) is 53.1 Å². The summed E-state index contributed by atoms with van der Waals surface area (Å²) in [7, 11) is -2.29. The number of sulfonamides is 1. The van der Waals surface area contributed by atoms with Crippen molar-refractivity contribution in [2.24, 2.45) is 0 Å². The normalized spacial score (nSPS) is 19.4. The van der Waals surface area contributed by atoms with Gasteiger partial charge in [0.15, 0.2) is 0 Å². The number of methoxy groups -OCH3 is 1.